The van der Waals surface area contributed by atoms with Gasteiger partial charge in [-0.15, -0.1) is 35.4 Å². The van der Waals surface area contributed by atoms with E-state index in [4.69, 9.17) is 0 Å². The molecular weight excluding hydrogens is 374 g/mol. The molecule has 1 aromatic heterocycles. The molecule has 0 aliphatic heterocycles. The van der Waals surface area contributed by atoms with E-state index in [2.05, 4.69) is 43.1 Å². The molecule has 0 amide bonds. The molecule has 2 rings (SSSR count). The summed E-state index contributed by atoms with van der Waals surface area (Å²) in [5.74, 6) is 0.555. The monoisotopic (exact) mass is 389 g/mol. The van der Waals surface area contributed by atoms with Crippen LogP contribution in [-0.4, -0.2) is 4.98 Å². The van der Waals surface area contributed by atoms with E-state index in [1.54, 1.807) is 6.20 Å². The van der Waals surface area contributed by atoms with Gasteiger partial charge in [-0.1, -0.05) is 31.9 Å². The largest absolute Gasteiger partial charge is 0.305 e. The van der Waals surface area contributed by atoms with E-state index in [0.717, 1.165) is 11.3 Å². The molecule has 2 aromatic rings. The van der Waals surface area contributed by atoms with E-state index in [1.165, 1.54) is 5.56 Å². The zero-order valence-electron chi connectivity index (χ0n) is 9.40. The van der Waals surface area contributed by atoms with Crippen molar-refractivity contribution in [3.8, 4) is 11.3 Å². The summed E-state index contributed by atoms with van der Waals surface area (Å²) in [7, 11) is 0. The second-order valence-electron chi connectivity index (χ2n) is 3.91. The van der Waals surface area contributed by atoms with Gasteiger partial charge in [0, 0.05) is 26.3 Å². The van der Waals surface area contributed by atoms with Crippen LogP contribution >= 0.6 is 0 Å². The first-order valence-corrected chi connectivity index (χ1v) is 5.20. The van der Waals surface area contributed by atoms with Gasteiger partial charge >= 0.3 is 0 Å². The summed E-state index contributed by atoms with van der Waals surface area (Å²) < 4.78 is 0. The van der Waals surface area contributed by atoms with Gasteiger partial charge in [0.05, 0.1) is 0 Å². The van der Waals surface area contributed by atoms with Crippen molar-refractivity contribution < 1.29 is 20.1 Å². The molecule has 0 atom stereocenters. The van der Waals surface area contributed by atoms with Crippen molar-refractivity contribution in [2.75, 3.05) is 0 Å². The third-order valence-corrected chi connectivity index (χ3v) is 2.44. The number of rotatable bonds is 2. The summed E-state index contributed by atoms with van der Waals surface area (Å²) in [5, 5.41) is 0. The van der Waals surface area contributed by atoms with E-state index >= 15 is 0 Å². The molecule has 1 radical (unpaired) electrons. The quantitative estimate of drug-likeness (QED) is 0.716. The minimum absolute atomic E-state index is 0. The van der Waals surface area contributed by atoms with Gasteiger partial charge in [-0.05, 0) is 11.8 Å². The second kappa shape index (κ2) is 5.93. The van der Waals surface area contributed by atoms with Crippen molar-refractivity contribution >= 4 is 0 Å². The van der Waals surface area contributed by atoms with E-state index in [1.807, 2.05) is 18.2 Å². The Morgan fingerprint density at radius 3 is 2.44 bits per heavy atom. The van der Waals surface area contributed by atoms with Crippen LogP contribution in [0.2, 0.25) is 0 Å². The molecule has 0 saturated heterocycles. The normalized spacial score (nSPS) is 9.94. The minimum Gasteiger partial charge on any atom is -0.305 e. The zero-order chi connectivity index (χ0) is 10.7. The maximum atomic E-state index is 4.29. The van der Waals surface area contributed by atoms with Crippen molar-refractivity contribution in [1.82, 2.24) is 4.98 Å². The Bertz CT molecular complexity index is 420. The molecule has 0 spiro atoms. The molecule has 0 fully saturated rings. The molecule has 0 N–H and O–H groups in total. The van der Waals surface area contributed by atoms with Crippen LogP contribution in [0, 0.1) is 6.07 Å². The summed E-state index contributed by atoms with van der Waals surface area (Å²) in [6, 6.07) is 15.5. The van der Waals surface area contributed by atoms with E-state index in [0.29, 0.717) is 5.92 Å². The summed E-state index contributed by atoms with van der Waals surface area (Å²) in [6.45, 7) is 4.37. The van der Waals surface area contributed by atoms with Crippen LogP contribution in [-0.2, 0) is 20.1 Å². The van der Waals surface area contributed by atoms with Crippen molar-refractivity contribution in [2.45, 2.75) is 19.8 Å². The van der Waals surface area contributed by atoms with Gasteiger partial charge in [-0.3, -0.25) is 0 Å². The fourth-order valence-corrected chi connectivity index (χ4v) is 1.48. The first kappa shape index (κ1) is 13.1. The van der Waals surface area contributed by atoms with Crippen LogP contribution in [0.5, 0.6) is 0 Å². The Kier molecular flexibility index (Phi) is 4.85. The fraction of sp³-hybridized carbons (Fsp3) is 0.214. The maximum Gasteiger partial charge on any atom is 0.0160 e. The minimum atomic E-state index is 0. The molecule has 0 aliphatic rings. The fourth-order valence-electron chi connectivity index (χ4n) is 1.48. The molecule has 0 saturated carbocycles. The van der Waals surface area contributed by atoms with Gasteiger partial charge in [0.25, 0.3) is 0 Å². The number of aromatic nitrogens is 1. The number of hydrogen-bond donors (Lipinski definition) is 0. The predicted molar refractivity (Wildman–Crippen MR) is 62.6 cm³/mol. The van der Waals surface area contributed by atoms with E-state index in [-0.39, 0.29) is 20.1 Å². The van der Waals surface area contributed by atoms with Gasteiger partial charge in [0.2, 0.25) is 0 Å². The molecule has 0 bridgehead atoms. The number of benzene rings is 1. The predicted octanol–water partition coefficient (Wildman–Crippen LogP) is 3.67. The number of pyridine rings is 1. The molecule has 2 heteroatoms. The Hall–Kier alpha value is -0.981. The Balaban J connectivity index is 0.00000128. The van der Waals surface area contributed by atoms with Crippen molar-refractivity contribution in [3.63, 3.8) is 0 Å². The molecule has 1 heterocycles. The van der Waals surface area contributed by atoms with Crippen LogP contribution in [0.15, 0.2) is 42.6 Å². The van der Waals surface area contributed by atoms with Gasteiger partial charge in [-0.25, -0.2) is 0 Å². The number of nitrogens with zero attached hydrogens (tertiary/aromatic N) is 1. The Labute approximate surface area is 110 Å². The molecule has 16 heavy (non-hydrogen) atoms. The first-order valence-electron chi connectivity index (χ1n) is 5.20. The SMILES string of the molecule is CC(C)c1c[c-]c(-c2ccccn2)cc1.[Ir]. The molecule has 1 nitrogen and oxygen atoms in total. The summed E-state index contributed by atoms with van der Waals surface area (Å²) in [5.41, 5.74) is 3.35. The molecule has 85 valence electrons. The molecular formula is C14H14IrN-. The summed E-state index contributed by atoms with van der Waals surface area (Å²) in [6.07, 6.45) is 1.81. The van der Waals surface area contributed by atoms with Crippen LogP contribution in [0.4, 0.5) is 0 Å². The Morgan fingerprint density at radius 1 is 1.12 bits per heavy atom. The van der Waals surface area contributed by atoms with Crippen LogP contribution in [0.3, 0.4) is 0 Å². The van der Waals surface area contributed by atoms with Gasteiger partial charge < -0.3 is 4.98 Å². The third-order valence-electron chi connectivity index (χ3n) is 2.44. The smallest absolute Gasteiger partial charge is 0.0160 e. The van der Waals surface area contributed by atoms with Crippen molar-refractivity contribution in [2.24, 2.45) is 0 Å². The molecule has 1 aromatic carbocycles. The van der Waals surface area contributed by atoms with Crippen molar-refractivity contribution in [1.29, 1.82) is 0 Å². The third kappa shape index (κ3) is 3.00. The first-order chi connectivity index (χ1) is 7.27. The van der Waals surface area contributed by atoms with E-state index in [9.17, 15) is 0 Å². The average Bonchev–Trinajstić information content (AvgIpc) is 2.30. The van der Waals surface area contributed by atoms with Gasteiger partial charge in [0.15, 0.2) is 0 Å². The molecule has 0 aliphatic carbocycles. The maximum absolute atomic E-state index is 4.29. The molecule has 0 unspecified atom stereocenters. The van der Waals surface area contributed by atoms with E-state index < -0.39 is 0 Å². The topological polar surface area (TPSA) is 12.9 Å². The second-order valence-corrected chi connectivity index (χ2v) is 3.91. The van der Waals surface area contributed by atoms with Crippen LogP contribution in [0.25, 0.3) is 11.3 Å². The average molecular weight is 388 g/mol. The zero-order valence-corrected chi connectivity index (χ0v) is 11.8. The summed E-state index contributed by atoms with van der Waals surface area (Å²) in [4.78, 5) is 4.29. The standard InChI is InChI=1S/C14H14N.Ir/c1-11(2)12-6-8-13(9-7-12)14-5-3-4-10-15-14;/h3-8,10-11H,1-2H3;/q-1;. The van der Waals surface area contributed by atoms with Gasteiger partial charge in [-0.2, -0.15) is 0 Å². The van der Waals surface area contributed by atoms with Crippen LogP contribution < -0.4 is 0 Å². The van der Waals surface area contributed by atoms with Crippen LogP contribution in [0.1, 0.15) is 25.3 Å². The summed E-state index contributed by atoms with van der Waals surface area (Å²) >= 11 is 0. The Morgan fingerprint density at radius 2 is 1.94 bits per heavy atom. The van der Waals surface area contributed by atoms with Crippen molar-refractivity contribution in [3.05, 3.63) is 54.2 Å². The number of hydrogen-bond acceptors (Lipinski definition) is 1. The van der Waals surface area contributed by atoms with Gasteiger partial charge in [0.1, 0.15) is 0 Å².